The largest absolute Gasteiger partial charge is 0.395 e. The van der Waals surface area contributed by atoms with Crippen LogP contribution in [-0.2, 0) is 0 Å². The first-order chi connectivity index (χ1) is 8.69. The number of nitrogens with zero attached hydrogens (tertiary/aromatic N) is 1. The van der Waals surface area contributed by atoms with Crippen molar-refractivity contribution in [2.45, 2.75) is 26.3 Å². The molecule has 0 fully saturated rings. The highest BCUT2D eigenvalue weighted by Crippen LogP contribution is 2.20. The van der Waals surface area contributed by atoms with E-state index in [9.17, 15) is 0 Å². The normalized spacial score (nSPS) is 12.9. The van der Waals surface area contributed by atoms with Gasteiger partial charge in [0.2, 0.25) is 0 Å². The lowest BCUT2D eigenvalue weighted by molar-refractivity contribution is 0.215. The van der Waals surface area contributed by atoms with Crippen LogP contribution in [0, 0.1) is 6.92 Å². The Morgan fingerprint density at radius 3 is 2.61 bits per heavy atom. The molecule has 1 rings (SSSR count). The topological polar surface area (TPSA) is 35.5 Å². The van der Waals surface area contributed by atoms with Gasteiger partial charge in [0.05, 0.1) is 6.61 Å². The molecule has 0 radical (unpaired) electrons. The third-order valence-corrected chi connectivity index (χ3v) is 3.30. The Hall–Kier alpha value is -0.900. The van der Waals surface area contributed by atoms with Gasteiger partial charge in [0.25, 0.3) is 0 Å². The molecule has 102 valence electrons. The van der Waals surface area contributed by atoms with Crippen molar-refractivity contribution in [2.24, 2.45) is 0 Å². The quantitative estimate of drug-likeness (QED) is 0.740. The summed E-state index contributed by atoms with van der Waals surface area (Å²) in [5.74, 6) is 0. The standard InChI is InChI=1S/C15H26N2O/c1-4-16-15(9-10-17(3)11-12-18)14-8-6-5-7-13(14)2/h5-8,15-16,18H,4,9-12H2,1-3H3. The van der Waals surface area contributed by atoms with Crippen molar-refractivity contribution in [2.75, 3.05) is 33.3 Å². The van der Waals surface area contributed by atoms with E-state index in [0.29, 0.717) is 6.04 Å². The Kier molecular flexibility index (Phi) is 6.94. The fraction of sp³-hybridized carbons (Fsp3) is 0.600. The lowest BCUT2D eigenvalue weighted by atomic mass is 9.98. The van der Waals surface area contributed by atoms with Crippen LogP contribution in [0.25, 0.3) is 0 Å². The summed E-state index contributed by atoms with van der Waals surface area (Å²) in [5, 5.41) is 12.5. The molecule has 2 N–H and O–H groups in total. The molecule has 0 heterocycles. The van der Waals surface area contributed by atoms with Gasteiger partial charge in [-0.1, -0.05) is 31.2 Å². The first-order valence-corrected chi connectivity index (χ1v) is 6.77. The van der Waals surface area contributed by atoms with Crippen LogP contribution in [-0.4, -0.2) is 43.3 Å². The summed E-state index contributed by atoms with van der Waals surface area (Å²) in [6, 6.07) is 8.95. The molecule has 0 saturated heterocycles. The van der Waals surface area contributed by atoms with Crippen LogP contribution in [0.4, 0.5) is 0 Å². The first kappa shape index (κ1) is 15.2. The van der Waals surface area contributed by atoms with Gasteiger partial charge >= 0.3 is 0 Å². The predicted octanol–water partition coefficient (Wildman–Crippen LogP) is 1.96. The maximum Gasteiger partial charge on any atom is 0.0558 e. The van der Waals surface area contributed by atoms with Crippen molar-refractivity contribution in [3.8, 4) is 0 Å². The second-order valence-corrected chi connectivity index (χ2v) is 4.78. The van der Waals surface area contributed by atoms with Crippen molar-refractivity contribution >= 4 is 0 Å². The van der Waals surface area contributed by atoms with Gasteiger partial charge in [-0.25, -0.2) is 0 Å². The molecular weight excluding hydrogens is 224 g/mol. The highest BCUT2D eigenvalue weighted by Gasteiger charge is 2.12. The lowest BCUT2D eigenvalue weighted by Crippen LogP contribution is -2.29. The Labute approximate surface area is 111 Å². The molecule has 1 aromatic carbocycles. The van der Waals surface area contributed by atoms with Crippen molar-refractivity contribution in [3.05, 3.63) is 35.4 Å². The molecule has 1 aromatic rings. The van der Waals surface area contributed by atoms with E-state index in [-0.39, 0.29) is 6.61 Å². The summed E-state index contributed by atoms with van der Waals surface area (Å²) in [4.78, 5) is 2.17. The second-order valence-electron chi connectivity index (χ2n) is 4.78. The number of aryl methyl sites for hydroxylation is 1. The number of hydrogen-bond acceptors (Lipinski definition) is 3. The minimum absolute atomic E-state index is 0.229. The van der Waals surface area contributed by atoms with E-state index in [2.05, 4.69) is 55.4 Å². The van der Waals surface area contributed by atoms with Crippen LogP contribution in [0.3, 0.4) is 0 Å². The average molecular weight is 250 g/mol. The van der Waals surface area contributed by atoms with Gasteiger partial charge in [0.15, 0.2) is 0 Å². The monoisotopic (exact) mass is 250 g/mol. The number of aliphatic hydroxyl groups excluding tert-OH is 1. The van der Waals surface area contributed by atoms with Gasteiger partial charge < -0.3 is 15.3 Å². The van der Waals surface area contributed by atoms with Gasteiger partial charge in [-0.15, -0.1) is 0 Å². The van der Waals surface area contributed by atoms with E-state index in [4.69, 9.17) is 5.11 Å². The minimum atomic E-state index is 0.229. The van der Waals surface area contributed by atoms with Gasteiger partial charge in [-0.2, -0.15) is 0 Å². The van der Waals surface area contributed by atoms with Gasteiger partial charge in [-0.3, -0.25) is 0 Å². The fourth-order valence-electron chi connectivity index (χ4n) is 2.22. The van der Waals surface area contributed by atoms with E-state index < -0.39 is 0 Å². The molecule has 0 spiro atoms. The maximum absolute atomic E-state index is 8.91. The van der Waals surface area contributed by atoms with Crippen LogP contribution in [0.5, 0.6) is 0 Å². The van der Waals surface area contributed by atoms with Crippen LogP contribution >= 0.6 is 0 Å². The Balaban J connectivity index is 2.62. The molecule has 0 amide bonds. The average Bonchev–Trinajstić information content (AvgIpc) is 2.36. The Bertz CT molecular complexity index is 341. The maximum atomic E-state index is 8.91. The van der Waals surface area contributed by atoms with E-state index in [0.717, 1.165) is 26.1 Å². The highest BCUT2D eigenvalue weighted by atomic mass is 16.3. The molecule has 18 heavy (non-hydrogen) atoms. The smallest absolute Gasteiger partial charge is 0.0558 e. The van der Waals surface area contributed by atoms with E-state index in [1.165, 1.54) is 11.1 Å². The first-order valence-electron chi connectivity index (χ1n) is 6.77. The number of hydrogen-bond donors (Lipinski definition) is 2. The van der Waals surface area contributed by atoms with Crippen molar-refractivity contribution in [1.29, 1.82) is 0 Å². The number of nitrogens with one attached hydrogen (secondary N) is 1. The second kappa shape index (κ2) is 8.25. The molecular formula is C15H26N2O. The number of aliphatic hydroxyl groups is 1. The summed E-state index contributed by atoms with van der Waals surface area (Å²) in [7, 11) is 2.05. The van der Waals surface area contributed by atoms with Crippen molar-refractivity contribution < 1.29 is 5.11 Å². The van der Waals surface area contributed by atoms with Crippen LogP contribution in [0.2, 0.25) is 0 Å². The molecule has 0 saturated carbocycles. The lowest BCUT2D eigenvalue weighted by Gasteiger charge is -2.23. The molecule has 1 atom stereocenters. The third-order valence-electron chi connectivity index (χ3n) is 3.30. The summed E-state index contributed by atoms with van der Waals surface area (Å²) >= 11 is 0. The van der Waals surface area contributed by atoms with E-state index in [1.807, 2.05) is 0 Å². The molecule has 3 heteroatoms. The zero-order valence-electron chi connectivity index (χ0n) is 11.8. The van der Waals surface area contributed by atoms with Crippen LogP contribution in [0.15, 0.2) is 24.3 Å². The molecule has 0 aromatic heterocycles. The molecule has 0 bridgehead atoms. The fourth-order valence-corrected chi connectivity index (χ4v) is 2.22. The molecule has 3 nitrogen and oxygen atoms in total. The van der Waals surface area contributed by atoms with Crippen molar-refractivity contribution in [3.63, 3.8) is 0 Å². The Morgan fingerprint density at radius 1 is 1.28 bits per heavy atom. The minimum Gasteiger partial charge on any atom is -0.395 e. The summed E-state index contributed by atoms with van der Waals surface area (Å²) in [6.45, 7) is 7.24. The van der Waals surface area contributed by atoms with Crippen LogP contribution < -0.4 is 5.32 Å². The zero-order valence-corrected chi connectivity index (χ0v) is 11.8. The predicted molar refractivity (Wildman–Crippen MR) is 76.8 cm³/mol. The summed E-state index contributed by atoms with van der Waals surface area (Å²) in [6.07, 6.45) is 1.06. The molecule has 0 aliphatic rings. The number of rotatable bonds is 8. The molecule has 1 unspecified atom stereocenters. The van der Waals surface area contributed by atoms with Gasteiger partial charge in [0.1, 0.15) is 0 Å². The van der Waals surface area contributed by atoms with Crippen molar-refractivity contribution in [1.82, 2.24) is 10.2 Å². The molecule has 0 aliphatic carbocycles. The van der Waals surface area contributed by atoms with Gasteiger partial charge in [-0.05, 0) is 44.6 Å². The van der Waals surface area contributed by atoms with Gasteiger partial charge in [0, 0.05) is 12.6 Å². The van der Waals surface area contributed by atoms with Crippen LogP contribution in [0.1, 0.15) is 30.5 Å². The SMILES string of the molecule is CCNC(CCN(C)CCO)c1ccccc1C. The third kappa shape index (κ3) is 4.77. The van der Waals surface area contributed by atoms with E-state index in [1.54, 1.807) is 0 Å². The number of benzene rings is 1. The molecule has 0 aliphatic heterocycles. The summed E-state index contributed by atoms with van der Waals surface area (Å²) in [5.41, 5.74) is 2.73. The Morgan fingerprint density at radius 2 is 2.00 bits per heavy atom. The summed E-state index contributed by atoms with van der Waals surface area (Å²) < 4.78 is 0. The zero-order chi connectivity index (χ0) is 13.4. The van der Waals surface area contributed by atoms with E-state index >= 15 is 0 Å². The number of likely N-dealkylation sites (N-methyl/N-ethyl adjacent to an activating group) is 1. The highest BCUT2D eigenvalue weighted by molar-refractivity contribution is 5.28.